The normalized spacial score (nSPS) is 9.30. The van der Waals surface area contributed by atoms with E-state index in [0.717, 1.165) is 0 Å². The molecule has 56 valence electrons. The van der Waals surface area contributed by atoms with Crippen LogP contribution in [0, 0.1) is 12.0 Å². The highest BCUT2D eigenvalue weighted by atomic mass is 32.2. The Morgan fingerprint density at radius 3 is 2.70 bits per heavy atom. The molecule has 0 aromatic carbocycles. The molecule has 3 nitrogen and oxygen atoms in total. The molecule has 0 amide bonds. The number of hydrogen-bond donors (Lipinski definition) is 0. The van der Waals surface area contributed by atoms with Gasteiger partial charge in [0.15, 0.2) is 0 Å². The van der Waals surface area contributed by atoms with Crippen molar-refractivity contribution >= 4 is 10.1 Å². The van der Waals surface area contributed by atoms with Gasteiger partial charge in [-0.1, -0.05) is 12.0 Å². The summed E-state index contributed by atoms with van der Waals surface area (Å²) in [7, 11) is -3.49. The van der Waals surface area contributed by atoms with Crippen molar-refractivity contribution in [3.8, 4) is 12.0 Å². The van der Waals surface area contributed by atoms with E-state index in [0.29, 0.717) is 0 Å². The van der Waals surface area contributed by atoms with E-state index in [-0.39, 0.29) is 5.75 Å². The van der Waals surface area contributed by atoms with Gasteiger partial charge in [0.25, 0.3) is 0 Å². The van der Waals surface area contributed by atoms with Crippen molar-refractivity contribution in [1.29, 1.82) is 0 Å². The maximum atomic E-state index is 10.6. The summed E-state index contributed by atoms with van der Waals surface area (Å²) in [5.74, 6) is 2.09. The zero-order valence-electron chi connectivity index (χ0n) is 5.62. The predicted octanol–water partition coefficient (Wildman–Crippen LogP) is 0.500. The summed E-state index contributed by atoms with van der Waals surface area (Å²) in [6.45, 7) is 4.74. The molecule has 4 heteroatoms. The molecular weight excluding hydrogens is 152 g/mol. The Morgan fingerprint density at radius 2 is 2.30 bits per heavy atom. The minimum atomic E-state index is -3.49. The van der Waals surface area contributed by atoms with Gasteiger partial charge in [-0.15, -0.1) is 6.58 Å². The fourth-order valence-corrected chi connectivity index (χ4v) is 0.851. The molecule has 0 aliphatic heterocycles. The third-order valence-corrected chi connectivity index (χ3v) is 1.57. The van der Waals surface area contributed by atoms with E-state index in [1.807, 2.05) is 6.11 Å². The van der Waals surface area contributed by atoms with Crippen LogP contribution in [0.25, 0.3) is 0 Å². The Labute approximate surface area is 60.8 Å². The highest BCUT2D eigenvalue weighted by Crippen LogP contribution is 1.90. The third kappa shape index (κ3) is 3.98. The van der Waals surface area contributed by atoms with Crippen LogP contribution in [-0.4, -0.2) is 14.2 Å². The largest absolute Gasteiger partial charge is 0.327 e. The Kier molecular flexibility index (Phi) is 3.59. The SMILES string of the molecule is C=CCS(=O)(=O)OC#CC. The summed E-state index contributed by atoms with van der Waals surface area (Å²) in [5, 5.41) is 0. The Morgan fingerprint density at radius 1 is 1.70 bits per heavy atom. The van der Waals surface area contributed by atoms with Crippen LogP contribution in [0.4, 0.5) is 0 Å². The Bertz CT molecular complexity index is 252. The van der Waals surface area contributed by atoms with Crippen LogP contribution in [0.2, 0.25) is 0 Å². The average Bonchev–Trinajstić information content (AvgIpc) is 1.84. The lowest BCUT2D eigenvalue weighted by atomic mass is 10.8. The summed E-state index contributed by atoms with van der Waals surface area (Å²) < 4.78 is 25.3. The molecule has 0 aliphatic rings. The second kappa shape index (κ2) is 3.96. The Hall–Kier alpha value is -0.950. The first-order valence-electron chi connectivity index (χ1n) is 2.56. The van der Waals surface area contributed by atoms with E-state index >= 15 is 0 Å². The van der Waals surface area contributed by atoms with Crippen LogP contribution in [0.15, 0.2) is 12.7 Å². The summed E-state index contributed by atoms with van der Waals surface area (Å²) >= 11 is 0. The van der Waals surface area contributed by atoms with Gasteiger partial charge >= 0.3 is 10.1 Å². The molecule has 0 aromatic heterocycles. The molecule has 0 heterocycles. The lowest BCUT2D eigenvalue weighted by Crippen LogP contribution is -2.04. The van der Waals surface area contributed by atoms with Gasteiger partial charge < -0.3 is 4.18 Å². The van der Waals surface area contributed by atoms with Crippen LogP contribution in [-0.2, 0) is 14.3 Å². The molecule has 0 saturated heterocycles. The molecule has 0 radical (unpaired) electrons. The molecule has 10 heavy (non-hydrogen) atoms. The highest BCUT2D eigenvalue weighted by molar-refractivity contribution is 7.87. The van der Waals surface area contributed by atoms with E-state index in [9.17, 15) is 8.42 Å². The van der Waals surface area contributed by atoms with E-state index in [2.05, 4.69) is 16.7 Å². The summed E-state index contributed by atoms with van der Waals surface area (Å²) in [4.78, 5) is 0. The van der Waals surface area contributed by atoms with Crippen molar-refractivity contribution < 1.29 is 12.6 Å². The molecule has 0 rings (SSSR count). The second-order valence-electron chi connectivity index (χ2n) is 1.45. The monoisotopic (exact) mass is 160 g/mol. The van der Waals surface area contributed by atoms with Crippen molar-refractivity contribution in [3.63, 3.8) is 0 Å². The van der Waals surface area contributed by atoms with Gasteiger partial charge in [-0.05, 0) is 0 Å². The molecule has 0 N–H and O–H groups in total. The summed E-state index contributed by atoms with van der Waals surface area (Å²) in [6, 6.07) is 0. The van der Waals surface area contributed by atoms with Crippen LogP contribution in [0.1, 0.15) is 6.92 Å². The number of rotatable bonds is 3. The van der Waals surface area contributed by atoms with Crippen molar-refractivity contribution in [3.05, 3.63) is 12.7 Å². The fraction of sp³-hybridized carbons (Fsp3) is 0.333. The molecule has 0 spiro atoms. The van der Waals surface area contributed by atoms with Crippen molar-refractivity contribution in [1.82, 2.24) is 0 Å². The molecule has 0 atom stereocenters. The van der Waals surface area contributed by atoms with Gasteiger partial charge in [-0.2, -0.15) is 8.42 Å². The van der Waals surface area contributed by atoms with Gasteiger partial charge in [0.2, 0.25) is 0 Å². The predicted molar refractivity (Wildman–Crippen MR) is 38.5 cm³/mol. The smallest absolute Gasteiger partial charge is 0.320 e. The second-order valence-corrected chi connectivity index (χ2v) is 3.06. The maximum absolute atomic E-state index is 10.6. The van der Waals surface area contributed by atoms with Crippen LogP contribution >= 0.6 is 0 Å². The zero-order valence-corrected chi connectivity index (χ0v) is 6.44. The minimum Gasteiger partial charge on any atom is -0.327 e. The van der Waals surface area contributed by atoms with Crippen molar-refractivity contribution in [2.75, 3.05) is 5.75 Å². The van der Waals surface area contributed by atoms with Crippen molar-refractivity contribution in [2.24, 2.45) is 0 Å². The molecule has 0 fully saturated rings. The first-order chi connectivity index (χ1) is 4.62. The Balaban J connectivity index is 4.10. The van der Waals surface area contributed by atoms with Crippen molar-refractivity contribution in [2.45, 2.75) is 6.92 Å². The average molecular weight is 160 g/mol. The standard InChI is InChI=1S/C6H8O3S/c1-3-5-9-10(7,8)6-4-2/h4H,2,6H2,1H3. The molecular formula is C6H8O3S. The molecule has 0 aromatic rings. The lowest BCUT2D eigenvalue weighted by Gasteiger charge is -1.92. The first kappa shape index (κ1) is 9.05. The maximum Gasteiger partial charge on any atom is 0.320 e. The summed E-state index contributed by atoms with van der Waals surface area (Å²) in [6.07, 6.45) is 3.23. The quantitative estimate of drug-likeness (QED) is 0.343. The van der Waals surface area contributed by atoms with E-state index in [1.165, 1.54) is 13.0 Å². The minimum absolute atomic E-state index is 0.207. The molecule has 0 saturated carbocycles. The van der Waals surface area contributed by atoms with Gasteiger partial charge in [-0.3, -0.25) is 0 Å². The van der Waals surface area contributed by atoms with Crippen LogP contribution < -0.4 is 0 Å². The molecule has 0 bridgehead atoms. The molecule has 0 aliphatic carbocycles. The zero-order chi connectivity index (χ0) is 8.04. The lowest BCUT2D eigenvalue weighted by molar-refractivity contribution is 0.468. The van der Waals surface area contributed by atoms with Crippen LogP contribution in [0.3, 0.4) is 0 Å². The van der Waals surface area contributed by atoms with Crippen LogP contribution in [0.5, 0.6) is 0 Å². The first-order valence-corrected chi connectivity index (χ1v) is 4.14. The van der Waals surface area contributed by atoms with Gasteiger partial charge in [-0.25, -0.2) is 0 Å². The van der Waals surface area contributed by atoms with Gasteiger partial charge in [0, 0.05) is 6.92 Å². The fourth-order valence-electron chi connectivity index (χ4n) is 0.284. The summed E-state index contributed by atoms with van der Waals surface area (Å²) in [5.41, 5.74) is 0. The third-order valence-electron chi connectivity index (χ3n) is 0.593. The topological polar surface area (TPSA) is 43.4 Å². The van der Waals surface area contributed by atoms with E-state index in [4.69, 9.17) is 0 Å². The van der Waals surface area contributed by atoms with Gasteiger partial charge in [0.05, 0.1) is 0 Å². The number of hydrogen-bond acceptors (Lipinski definition) is 3. The van der Waals surface area contributed by atoms with E-state index in [1.54, 1.807) is 0 Å². The molecule has 0 unspecified atom stereocenters. The highest BCUT2D eigenvalue weighted by Gasteiger charge is 2.05. The van der Waals surface area contributed by atoms with Gasteiger partial charge in [0.1, 0.15) is 11.9 Å². The van der Waals surface area contributed by atoms with E-state index < -0.39 is 10.1 Å².